The minimum absolute atomic E-state index is 0.197. The lowest BCUT2D eigenvalue weighted by Gasteiger charge is -2.07. The monoisotopic (exact) mass is 407 g/mol. The van der Waals surface area contributed by atoms with Gasteiger partial charge < -0.3 is 9.26 Å². The first kappa shape index (κ1) is 19.1. The molecule has 2 aromatic carbocycles. The summed E-state index contributed by atoms with van der Waals surface area (Å²) >= 11 is 1.43. The zero-order valence-corrected chi connectivity index (χ0v) is 17.3. The highest BCUT2D eigenvalue weighted by molar-refractivity contribution is 7.22. The summed E-state index contributed by atoms with van der Waals surface area (Å²) in [6, 6.07) is 13.9. The highest BCUT2D eigenvalue weighted by Crippen LogP contribution is 2.27. The molecule has 0 radical (unpaired) electrons. The van der Waals surface area contributed by atoms with Gasteiger partial charge in [-0.15, -0.1) is 0 Å². The van der Waals surface area contributed by atoms with Crippen LogP contribution >= 0.6 is 11.3 Å². The van der Waals surface area contributed by atoms with Gasteiger partial charge in [-0.25, -0.2) is 4.98 Å². The van der Waals surface area contributed by atoms with E-state index in [1.807, 2.05) is 49.4 Å². The van der Waals surface area contributed by atoms with Crippen molar-refractivity contribution >= 4 is 32.6 Å². The zero-order valence-electron chi connectivity index (χ0n) is 16.5. The molecule has 148 valence electrons. The maximum Gasteiger partial charge on any atom is 0.280 e. The number of nitrogens with zero attached hydrogens (tertiary/aromatic N) is 2. The SMILES string of the molecule is CCc1ccc(OCc2c(C(=O)Nc3nc4ccc(C)cc4s3)noc2C)cc1. The molecule has 0 aliphatic heterocycles. The van der Waals surface area contributed by atoms with Gasteiger partial charge in [0, 0.05) is 0 Å². The topological polar surface area (TPSA) is 77.2 Å². The van der Waals surface area contributed by atoms with E-state index in [1.54, 1.807) is 6.92 Å². The van der Waals surface area contributed by atoms with Crippen LogP contribution in [0.2, 0.25) is 0 Å². The minimum Gasteiger partial charge on any atom is -0.489 e. The Labute approximate surface area is 172 Å². The number of hydrogen-bond acceptors (Lipinski definition) is 6. The standard InChI is InChI=1S/C22H21N3O3S/c1-4-15-6-8-16(9-7-15)27-12-17-14(3)28-25-20(17)21(26)24-22-23-18-10-5-13(2)11-19(18)29-22/h5-11H,4,12H2,1-3H3,(H,23,24,26). The molecule has 0 saturated heterocycles. The summed E-state index contributed by atoms with van der Waals surface area (Å²) in [5.41, 5.74) is 4.08. The predicted molar refractivity (Wildman–Crippen MR) is 114 cm³/mol. The first-order valence-electron chi connectivity index (χ1n) is 9.39. The molecule has 2 aromatic heterocycles. The Morgan fingerprint density at radius 2 is 1.97 bits per heavy atom. The van der Waals surface area contributed by atoms with Crippen LogP contribution < -0.4 is 10.1 Å². The Morgan fingerprint density at radius 3 is 2.72 bits per heavy atom. The fourth-order valence-electron chi connectivity index (χ4n) is 2.96. The van der Waals surface area contributed by atoms with Crippen molar-refractivity contribution in [2.24, 2.45) is 0 Å². The fourth-order valence-corrected chi connectivity index (χ4v) is 3.92. The van der Waals surface area contributed by atoms with Gasteiger partial charge in [-0.1, -0.05) is 41.6 Å². The maximum absolute atomic E-state index is 12.8. The summed E-state index contributed by atoms with van der Waals surface area (Å²) in [5.74, 6) is 0.925. The van der Waals surface area contributed by atoms with Gasteiger partial charge in [-0.2, -0.15) is 0 Å². The van der Waals surface area contributed by atoms with Crippen molar-refractivity contribution in [1.29, 1.82) is 0 Å². The number of aromatic nitrogens is 2. The van der Waals surface area contributed by atoms with Crippen LogP contribution in [0.15, 0.2) is 47.0 Å². The largest absolute Gasteiger partial charge is 0.489 e. The summed E-state index contributed by atoms with van der Waals surface area (Å²) < 4.78 is 12.1. The van der Waals surface area contributed by atoms with E-state index in [-0.39, 0.29) is 18.2 Å². The van der Waals surface area contributed by atoms with E-state index >= 15 is 0 Å². The number of amides is 1. The van der Waals surface area contributed by atoms with Crippen molar-refractivity contribution in [3.63, 3.8) is 0 Å². The van der Waals surface area contributed by atoms with Gasteiger partial charge in [0.2, 0.25) is 0 Å². The third kappa shape index (κ3) is 4.14. The van der Waals surface area contributed by atoms with Crippen LogP contribution in [0.5, 0.6) is 5.75 Å². The normalized spacial score (nSPS) is 11.0. The Kier molecular flexibility index (Phi) is 5.31. The number of thiazole rings is 1. The quantitative estimate of drug-likeness (QED) is 0.470. The molecule has 4 rings (SSSR count). The van der Waals surface area contributed by atoms with Crippen LogP contribution in [0.3, 0.4) is 0 Å². The first-order valence-corrected chi connectivity index (χ1v) is 10.2. The third-order valence-corrected chi connectivity index (χ3v) is 5.61. The molecule has 0 fully saturated rings. The minimum atomic E-state index is -0.363. The fraction of sp³-hybridized carbons (Fsp3) is 0.227. The lowest BCUT2D eigenvalue weighted by Crippen LogP contribution is -2.15. The van der Waals surface area contributed by atoms with E-state index in [9.17, 15) is 4.79 Å². The molecule has 0 spiro atoms. The number of nitrogens with one attached hydrogen (secondary N) is 1. The van der Waals surface area contributed by atoms with Gasteiger partial charge in [0.05, 0.1) is 15.8 Å². The Balaban J connectivity index is 1.49. The van der Waals surface area contributed by atoms with Crippen LogP contribution in [-0.4, -0.2) is 16.0 Å². The smallest absolute Gasteiger partial charge is 0.280 e. The highest BCUT2D eigenvalue weighted by Gasteiger charge is 2.21. The number of ether oxygens (including phenoxy) is 1. The number of rotatable bonds is 6. The second-order valence-electron chi connectivity index (χ2n) is 6.80. The van der Waals surface area contributed by atoms with Gasteiger partial charge in [0.15, 0.2) is 10.8 Å². The lowest BCUT2D eigenvalue weighted by molar-refractivity contribution is 0.101. The molecule has 0 saturated carbocycles. The maximum atomic E-state index is 12.8. The van der Waals surface area contributed by atoms with Gasteiger partial charge in [-0.05, 0) is 55.7 Å². The van der Waals surface area contributed by atoms with Crippen LogP contribution in [0, 0.1) is 13.8 Å². The Bertz CT molecular complexity index is 1160. The Morgan fingerprint density at radius 1 is 1.17 bits per heavy atom. The molecule has 1 N–H and O–H groups in total. The molecule has 0 aliphatic carbocycles. The molecule has 6 nitrogen and oxygen atoms in total. The average Bonchev–Trinajstić information content (AvgIpc) is 3.28. The highest BCUT2D eigenvalue weighted by atomic mass is 32.1. The second kappa shape index (κ2) is 8.05. The Hall–Kier alpha value is -3.19. The van der Waals surface area contributed by atoms with Gasteiger partial charge in [0.25, 0.3) is 5.91 Å². The number of hydrogen-bond donors (Lipinski definition) is 1. The summed E-state index contributed by atoms with van der Waals surface area (Å²) in [6.07, 6.45) is 0.973. The summed E-state index contributed by atoms with van der Waals surface area (Å²) in [4.78, 5) is 17.2. The van der Waals surface area contributed by atoms with Crippen LogP contribution in [0.4, 0.5) is 5.13 Å². The van der Waals surface area contributed by atoms with E-state index in [2.05, 4.69) is 22.4 Å². The van der Waals surface area contributed by atoms with E-state index < -0.39 is 0 Å². The number of benzene rings is 2. The predicted octanol–water partition coefficient (Wildman–Crippen LogP) is 5.29. The lowest BCUT2D eigenvalue weighted by atomic mass is 10.1. The van der Waals surface area contributed by atoms with E-state index in [4.69, 9.17) is 9.26 Å². The average molecular weight is 407 g/mol. The van der Waals surface area contributed by atoms with Crippen molar-refractivity contribution in [2.45, 2.75) is 33.8 Å². The summed E-state index contributed by atoms with van der Waals surface area (Å²) in [7, 11) is 0. The van der Waals surface area contributed by atoms with Crippen molar-refractivity contribution in [3.05, 3.63) is 70.6 Å². The molecule has 0 aliphatic rings. The molecule has 4 aromatic rings. The van der Waals surface area contributed by atoms with Crippen LogP contribution in [-0.2, 0) is 13.0 Å². The molecule has 1 amide bonds. The van der Waals surface area contributed by atoms with Gasteiger partial charge >= 0.3 is 0 Å². The van der Waals surface area contributed by atoms with Crippen molar-refractivity contribution in [3.8, 4) is 5.75 Å². The van der Waals surface area contributed by atoms with Gasteiger partial charge in [0.1, 0.15) is 18.1 Å². The van der Waals surface area contributed by atoms with Crippen LogP contribution in [0.1, 0.15) is 39.9 Å². The number of anilines is 1. The molecule has 0 unspecified atom stereocenters. The van der Waals surface area contributed by atoms with E-state index in [1.165, 1.54) is 16.9 Å². The number of carbonyl (C=O) groups excluding carboxylic acids is 1. The summed E-state index contributed by atoms with van der Waals surface area (Å²) in [6.45, 7) is 6.09. The van der Waals surface area contributed by atoms with Crippen LogP contribution in [0.25, 0.3) is 10.2 Å². The molecule has 7 heteroatoms. The number of carbonyl (C=O) groups is 1. The van der Waals surface area contributed by atoms with Crippen molar-refractivity contribution in [1.82, 2.24) is 10.1 Å². The van der Waals surface area contributed by atoms with E-state index in [0.29, 0.717) is 16.5 Å². The first-order chi connectivity index (χ1) is 14.0. The molecule has 2 heterocycles. The van der Waals surface area contributed by atoms with Crippen molar-refractivity contribution in [2.75, 3.05) is 5.32 Å². The molecule has 0 bridgehead atoms. The second-order valence-corrected chi connectivity index (χ2v) is 7.83. The van der Waals surface area contributed by atoms with Gasteiger partial charge in [-0.3, -0.25) is 10.1 Å². The number of aryl methyl sites for hydroxylation is 3. The molecule has 29 heavy (non-hydrogen) atoms. The van der Waals surface area contributed by atoms with E-state index in [0.717, 1.165) is 28.0 Å². The summed E-state index contributed by atoms with van der Waals surface area (Å²) in [5, 5.41) is 7.28. The number of fused-ring (bicyclic) bond motifs is 1. The zero-order chi connectivity index (χ0) is 20.4. The molecular formula is C22H21N3O3S. The van der Waals surface area contributed by atoms with Crippen molar-refractivity contribution < 1.29 is 14.1 Å². The third-order valence-electron chi connectivity index (χ3n) is 4.68. The molecular weight excluding hydrogens is 386 g/mol. The molecule has 0 atom stereocenters.